The second-order valence-electron chi connectivity index (χ2n) is 4.61. The molecular weight excluding hydrogens is 270 g/mol. The molecule has 21 heavy (non-hydrogen) atoms. The van der Waals surface area contributed by atoms with Crippen molar-refractivity contribution in [1.82, 2.24) is 20.3 Å². The topological polar surface area (TPSA) is 81.1 Å². The van der Waals surface area contributed by atoms with E-state index in [9.17, 15) is 0 Å². The summed E-state index contributed by atoms with van der Waals surface area (Å²) in [6, 6.07) is 5.67. The normalized spacial score (nSPS) is 10.8. The molecule has 3 aromatic rings. The average Bonchev–Trinajstić information content (AvgIpc) is 3.17. The van der Waals surface area contributed by atoms with Gasteiger partial charge in [0, 0.05) is 37.5 Å². The SMILES string of the molecule is CCc1nc(N(C)Cc2cc(-c3ccncc3)no2)no1. The van der Waals surface area contributed by atoms with Gasteiger partial charge in [-0.1, -0.05) is 12.1 Å². The fourth-order valence-electron chi connectivity index (χ4n) is 1.90. The first kappa shape index (κ1) is 13.3. The summed E-state index contributed by atoms with van der Waals surface area (Å²) in [4.78, 5) is 10.1. The highest BCUT2D eigenvalue weighted by molar-refractivity contribution is 5.57. The number of anilines is 1. The van der Waals surface area contributed by atoms with Gasteiger partial charge in [0.15, 0.2) is 5.76 Å². The van der Waals surface area contributed by atoms with E-state index in [1.54, 1.807) is 12.4 Å². The molecule has 7 heteroatoms. The van der Waals surface area contributed by atoms with Gasteiger partial charge in [0.2, 0.25) is 5.89 Å². The fourth-order valence-corrected chi connectivity index (χ4v) is 1.90. The van der Waals surface area contributed by atoms with Crippen LogP contribution in [-0.2, 0) is 13.0 Å². The van der Waals surface area contributed by atoms with E-state index in [1.165, 1.54) is 0 Å². The molecule has 0 aromatic carbocycles. The van der Waals surface area contributed by atoms with Gasteiger partial charge < -0.3 is 13.9 Å². The molecule has 0 atom stereocenters. The van der Waals surface area contributed by atoms with E-state index in [0.717, 1.165) is 23.4 Å². The number of pyridine rings is 1. The summed E-state index contributed by atoms with van der Waals surface area (Å²) in [6.07, 6.45) is 4.16. The Kier molecular flexibility index (Phi) is 3.63. The van der Waals surface area contributed by atoms with Crippen molar-refractivity contribution < 1.29 is 9.05 Å². The third kappa shape index (κ3) is 2.91. The van der Waals surface area contributed by atoms with Crippen molar-refractivity contribution >= 4 is 5.95 Å². The molecule has 108 valence electrons. The van der Waals surface area contributed by atoms with E-state index in [4.69, 9.17) is 9.05 Å². The molecule has 3 aromatic heterocycles. The van der Waals surface area contributed by atoms with Crippen LogP contribution in [0.5, 0.6) is 0 Å². The van der Waals surface area contributed by atoms with E-state index in [2.05, 4.69) is 20.3 Å². The van der Waals surface area contributed by atoms with Crippen molar-refractivity contribution in [3.63, 3.8) is 0 Å². The number of nitrogens with zero attached hydrogens (tertiary/aromatic N) is 5. The first-order chi connectivity index (χ1) is 10.3. The zero-order valence-electron chi connectivity index (χ0n) is 11.9. The first-order valence-electron chi connectivity index (χ1n) is 6.66. The van der Waals surface area contributed by atoms with Gasteiger partial charge in [-0.3, -0.25) is 4.98 Å². The minimum Gasteiger partial charge on any atom is -0.359 e. The Balaban J connectivity index is 1.72. The smallest absolute Gasteiger partial charge is 0.266 e. The van der Waals surface area contributed by atoms with E-state index in [-0.39, 0.29) is 0 Å². The number of aryl methyl sites for hydroxylation is 1. The molecule has 3 heterocycles. The van der Waals surface area contributed by atoms with Gasteiger partial charge in [-0.15, -0.1) is 0 Å². The van der Waals surface area contributed by atoms with E-state index in [1.807, 2.05) is 37.1 Å². The van der Waals surface area contributed by atoms with Crippen LogP contribution < -0.4 is 4.90 Å². The van der Waals surface area contributed by atoms with Crippen LogP contribution in [0.3, 0.4) is 0 Å². The lowest BCUT2D eigenvalue weighted by Crippen LogP contribution is -2.17. The van der Waals surface area contributed by atoms with Crippen LogP contribution in [0.2, 0.25) is 0 Å². The summed E-state index contributed by atoms with van der Waals surface area (Å²) in [5.74, 6) is 1.88. The van der Waals surface area contributed by atoms with Gasteiger partial charge in [-0.25, -0.2) is 0 Å². The Morgan fingerprint density at radius 2 is 1.95 bits per heavy atom. The monoisotopic (exact) mass is 285 g/mol. The van der Waals surface area contributed by atoms with Crippen molar-refractivity contribution in [2.75, 3.05) is 11.9 Å². The molecule has 7 nitrogen and oxygen atoms in total. The van der Waals surface area contributed by atoms with Gasteiger partial charge in [0.25, 0.3) is 5.95 Å². The Morgan fingerprint density at radius 1 is 1.14 bits per heavy atom. The fraction of sp³-hybridized carbons (Fsp3) is 0.286. The van der Waals surface area contributed by atoms with Gasteiger partial charge in [-0.05, 0) is 17.3 Å². The van der Waals surface area contributed by atoms with Crippen LogP contribution in [0.15, 0.2) is 39.6 Å². The molecule has 3 rings (SSSR count). The zero-order chi connectivity index (χ0) is 14.7. The molecule has 0 saturated carbocycles. The Morgan fingerprint density at radius 3 is 2.67 bits per heavy atom. The van der Waals surface area contributed by atoms with Crippen LogP contribution in [0.1, 0.15) is 18.6 Å². The highest BCUT2D eigenvalue weighted by Crippen LogP contribution is 2.19. The van der Waals surface area contributed by atoms with Crippen molar-refractivity contribution in [3.8, 4) is 11.3 Å². The van der Waals surface area contributed by atoms with Gasteiger partial charge in [0.1, 0.15) is 5.69 Å². The molecule has 0 unspecified atom stereocenters. The molecule has 0 aliphatic carbocycles. The number of rotatable bonds is 5. The Bertz CT molecular complexity index is 707. The summed E-state index contributed by atoms with van der Waals surface area (Å²) in [5, 5.41) is 7.98. The van der Waals surface area contributed by atoms with Crippen LogP contribution in [0, 0.1) is 0 Å². The van der Waals surface area contributed by atoms with Crippen LogP contribution in [-0.4, -0.2) is 27.3 Å². The summed E-state index contributed by atoms with van der Waals surface area (Å²) in [6.45, 7) is 2.48. The lowest BCUT2D eigenvalue weighted by atomic mass is 10.2. The minimum absolute atomic E-state index is 0.515. The average molecular weight is 285 g/mol. The van der Waals surface area contributed by atoms with Gasteiger partial charge >= 0.3 is 0 Å². The molecule has 0 aliphatic heterocycles. The first-order valence-corrected chi connectivity index (χ1v) is 6.66. The number of aromatic nitrogens is 4. The molecule has 0 saturated heterocycles. The van der Waals surface area contributed by atoms with Gasteiger partial charge in [0.05, 0.1) is 6.54 Å². The van der Waals surface area contributed by atoms with Crippen molar-refractivity contribution in [2.45, 2.75) is 19.9 Å². The predicted molar refractivity (Wildman–Crippen MR) is 75.5 cm³/mol. The summed E-state index contributed by atoms with van der Waals surface area (Å²) in [5.41, 5.74) is 1.75. The highest BCUT2D eigenvalue weighted by Gasteiger charge is 2.13. The summed E-state index contributed by atoms with van der Waals surface area (Å²) < 4.78 is 10.4. The molecule has 0 spiro atoms. The van der Waals surface area contributed by atoms with E-state index >= 15 is 0 Å². The second-order valence-corrected chi connectivity index (χ2v) is 4.61. The zero-order valence-corrected chi connectivity index (χ0v) is 11.9. The lowest BCUT2D eigenvalue weighted by molar-refractivity contribution is 0.375. The Hall–Kier alpha value is -2.70. The molecular formula is C14H15N5O2. The Labute approximate surface area is 121 Å². The number of hydrogen-bond donors (Lipinski definition) is 0. The molecule has 0 radical (unpaired) electrons. The molecule has 0 aliphatic rings. The maximum atomic E-state index is 5.35. The van der Waals surface area contributed by atoms with Crippen LogP contribution in [0.4, 0.5) is 5.95 Å². The molecule has 0 N–H and O–H groups in total. The van der Waals surface area contributed by atoms with Crippen LogP contribution in [0.25, 0.3) is 11.3 Å². The van der Waals surface area contributed by atoms with Crippen LogP contribution >= 0.6 is 0 Å². The van der Waals surface area contributed by atoms with E-state index < -0.39 is 0 Å². The van der Waals surface area contributed by atoms with Crippen molar-refractivity contribution in [3.05, 3.63) is 42.2 Å². The summed E-state index contributed by atoms with van der Waals surface area (Å²) >= 11 is 0. The minimum atomic E-state index is 0.515. The third-order valence-corrected chi connectivity index (χ3v) is 3.03. The lowest BCUT2D eigenvalue weighted by Gasteiger charge is -2.10. The van der Waals surface area contributed by atoms with E-state index in [0.29, 0.717) is 18.4 Å². The molecule has 0 amide bonds. The largest absolute Gasteiger partial charge is 0.359 e. The molecule has 0 bridgehead atoms. The highest BCUT2D eigenvalue weighted by atomic mass is 16.5. The second kappa shape index (κ2) is 5.74. The quantitative estimate of drug-likeness (QED) is 0.711. The number of hydrogen-bond acceptors (Lipinski definition) is 7. The van der Waals surface area contributed by atoms with Crippen molar-refractivity contribution in [2.24, 2.45) is 0 Å². The standard InChI is InChI=1S/C14H15N5O2/c1-3-13-16-14(18-21-13)19(2)9-11-8-12(17-20-11)10-4-6-15-7-5-10/h4-8H,3,9H2,1-2H3. The maximum Gasteiger partial charge on any atom is 0.266 e. The third-order valence-electron chi connectivity index (χ3n) is 3.03. The summed E-state index contributed by atoms with van der Waals surface area (Å²) in [7, 11) is 1.87. The van der Waals surface area contributed by atoms with Gasteiger partial charge in [-0.2, -0.15) is 4.98 Å². The van der Waals surface area contributed by atoms with Crippen molar-refractivity contribution in [1.29, 1.82) is 0 Å². The molecule has 0 fully saturated rings. The maximum absolute atomic E-state index is 5.35. The predicted octanol–water partition coefficient (Wildman–Crippen LogP) is 2.32.